The second kappa shape index (κ2) is 7.63. The first-order valence-electron chi connectivity index (χ1n) is 6.02. The number of hydrogen-bond acceptors (Lipinski definition) is 3. The van der Waals surface area contributed by atoms with Gasteiger partial charge in [-0.15, -0.1) is 0 Å². The molecule has 1 aromatic carbocycles. The molecule has 0 aromatic heterocycles. The molecular weight excluding hydrogens is 341 g/mol. The SMILES string of the molecule is N#CCCN(CC(F)(F)F)S(=O)(=O)/C=C/c1ccccc1Cl. The van der Waals surface area contributed by atoms with Crippen molar-refractivity contribution < 1.29 is 21.6 Å². The summed E-state index contributed by atoms with van der Waals surface area (Å²) in [5.41, 5.74) is 0.361. The van der Waals surface area contributed by atoms with Crippen molar-refractivity contribution >= 4 is 27.7 Å². The van der Waals surface area contributed by atoms with Crippen LogP contribution < -0.4 is 0 Å². The zero-order chi connectivity index (χ0) is 16.8. The number of rotatable bonds is 6. The van der Waals surface area contributed by atoms with Crippen LogP contribution in [0.4, 0.5) is 13.2 Å². The quantitative estimate of drug-likeness (QED) is 0.788. The molecule has 1 rings (SSSR count). The second-order valence-corrected chi connectivity index (χ2v) is 6.45. The Kier molecular flexibility index (Phi) is 6.41. The molecule has 1 aromatic rings. The lowest BCUT2D eigenvalue weighted by molar-refractivity contribution is -0.135. The highest BCUT2D eigenvalue weighted by molar-refractivity contribution is 7.92. The van der Waals surface area contributed by atoms with Crippen LogP contribution in [0, 0.1) is 11.3 Å². The third-order valence-electron chi connectivity index (χ3n) is 2.51. The molecule has 0 fully saturated rings. The van der Waals surface area contributed by atoms with Crippen LogP contribution in [0.2, 0.25) is 5.02 Å². The zero-order valence-corrected chi connectivity index (χ0v) is 12.8. The Labute approximate surface area is 131 Å². The number of hydrogen-bond donors (Lipinski definition) is 0. The van der Waals surface area contributed by atoms with Gasteiger partial charge in [-0.3, -0.25) is 0 Å². The standard InChI is InChI=1S/C13H12ClF3N2O2S/c14-12-5-2-1-4-11(12)6-9-22(20,21)19(8-3-7-18)10-13(15,16)17/h1-2,4-6,9H,3,8,10H2/b9-6+. The minimum atomic E-state index is -4.69. The average Bonchev–Trinajstić information content (AvgIpc) is 2.41. The Hall–Kier alpha value is -1.56. The van der Waals surface area contributed by atoms with Crippen LogP contribution in [0.5, 0.6) is 0 Å². The minimum absolute atomic E-state index is 0.212. The van der Waals surface area contributed by atoms with E-state index in [0.717, 1.165) is 6.08 Å². The van der Waals surface area contributed by atoms with Crippen molar-refractivity contribution in [1.82, 2.24) is 4.31 Å². The predicted molar refractivity (Wildman–Crippen MR) is 77.3 cm³/mol. The molecule has 22 heavy (non-hydrogen) atoms. The van der Waals surface area contributed by atoms with Crippen LogP contribution in [-0.4, -0.2) is 32.0 Å². The molecule has 0 aliphatic carbocycles. The van der Waals surface area contributed by atoms with Crippen molar-refractivity contribution in [2.75, 3.05) is 13.1 Å². The number of sulfonamides is 1. The van der Waals surface area contributed by atoms with Crippen LogP contribution in [-0.2, 0) is 10.0 Å². The number of alkyl halides is 3. The summed E-state index contributed by atoms with van der Waals surface area (Å²) in [7, 11) is -4.32. The van der Waals surface area contributed by atoms with Crippen LogP contribution in [0.3, 0.4) is 0 Å². The van der Waals surface area contributed by atoms with E-state index in [4.69, 9.17) is 16.9 Å². The topological polar surface area (TPSA) is 61.2 Å². The summed E-state index contributed by atoms with van der Waals surface area (Å²) in [6.45, 7) is -2.19. The van der Waals surface area contributed by atoms with E-state index in [1.165, 1.54) is 12.1 Å². The monoisotopic (exact) mass is 352 g/mol. The van der Waals surface area contributed by atoms with Gasteiger partial charge in [0.05, 0.1) is 6.07 Å². The van der Waals surface area contributed by atoms with Crippen molar-refractivity contribution in [3.8, 4) is 6.07 Å². The van der Waals surface area contributed by atoms with Crippen LogP contribution in [0.15, 0.2) is 29.7 Å². The lowest BCUT2D eigenvalue weighted by Crippen LogP contribution is -2.38. The predicted octanol–water partition coefficient (Wildman–Crippen LogP) is 3.42. The Bertz CT molecular complexity index is 681. The van der Waals surface area contributed by atoms with Gasteiger partial charge in [-0.1, -0.05) is 29.8 Å². The Balaban J connectivity index is 3.01. The van der Waals surface area contributed by atoms with Crippen molar-refractivity contribution in [1.29, 1.82) is 5.26 Å². The van der Waals surface area contributed by atoms with E-state index in [-0.39, 0.29) is 15.7 Å². The van der Waals surface area contributed by atoms with Gasteiger partial charge in [-0.2, -0.15) is 22.7 Å². The van der Waals surface area contributed by atoms with Crippen molar-refractivity contribution in [3.63, 3.8) is 0 Å². The molecule has 4 nitrogen and oxygen atoms in total. The summed E-state index contributed by atoms with van der Waals surface area (Å²) in [4.78, 5) is 0. The van der Waals surface area contributed by atoms with Gasteiger partial charge in [0.25, 0.3) is 0 Å². The van der Waals surface area contributed by atoms with E-state index in [0.29, 0.717) is 11.0 Å². The number of benzene rings is 1. The summed E-state index contributed by atoms with van der Waals surface area (Å²) in [5, 5.41) is 9.36. The summed E-state index contributed by atoms with van der Waals surface area (Å²) in [5.74, 6) is 0. The van der Waals surface area contributed by atoms with E-state index >= 15 is 0 Å². The second-order valence-electron chi connectivity index (χ2n) is 4.23. The van der Waals surface area contributed by atoms with E-state index in [1.54, 1.807) is 18.2 Å². The summed E-state index contributed by atoms with van der Waals surface area (Å²) >= 11 is 5.84. The normalized spacial score (nSPS) is 12.7. The number of nitrogens with zero attached hydrogens (tertiary/aromatic N) is 2. The summed E-state index contributed by atoms with van der Waals surface area (Å²) in [6, 6.07) is 7.92. The third-order valence-corrected chi connectivity index (χ3v) is 4.37. The Morgan fingerprint density at radius 1 is 1.32 bits per heavy atom. The molecule has 0 aliphatic rings. The third kappa shape index (κ3) is 6.05. The molecule has 0 bridgehead atoms. The largest absolute Gasteiger partial charge is 0.402 e. The van der Waals surface area contributed by atoms with Gasteiger partial charge in [0.2, 0.25) is 10.0 Å². The molecule has 0 amide bonds. The molecule has 9 heteroatoms. The number of halogens is 4. The highest BCUT2D eigenvalue weighted by Gasteiger charge is 2.35. The fourth-order valence-electron chi connectivity index (χ4n) is 1.53. The Morgan fingerprint density at radius 3 is 2.50 bits per heavy atom. The Morgan fingerprint density at radius 2 is 1.95 bits per heavy atom. The van der Waals surface area contributed by atoms with E-state index in [1.807, 2.05) is 0 Å². The molecule has 0 radical (unpaired) electrons. The van der Waals surface area contributed by atoms with E-state index in [2.05, 4.69) is 0 Å². The first kappa shape index (κ1) is 18.5. The van der Waals surface area contributed by atoms with Gasteiger partial charge < -0.3 is 0 Å². The summed E-state index contributed by atoms with van der Waals surface area (Å²) in [6.07, 6.45) is -3.91. The van der Waals surface area contributed by atoms with Crippen molar-refractivity contribution in [3.05, 3.63) is 40.3 Å². The number of nitriles is 1. The lowest BCUT2D eigenvalue weighted by atomic mass is 10.2. The van der Waals surface area contributed by atoms with Gasteiger partial charge in [0.15, 0.2) is 0 Å². The zero-order valence-electron chi connectivity index (χ0n) is 11.2. The van der Waals surface area contributed by atoms with Gasteiger partial charge in [-0.05, 0) is 17.7 Å². The molecule has 0 unspecified atom stereocenters. The van der Waals surface area contributed by atoms with E-state index < -0.39 is 29.3 Å². The highest BCUT2D eigenvalue weighted by atomic mass is 35.5. The van der Waals surface area contributed by atoms with Crippen molar-refractivity contribution in [2.24, 2.45) is 0 Å². The highest BCUT2D eigenvalue weighted by Crippen LogP contribution is 2.21. The fraction of sp³-hybridized carbons (Fsp3) is 0.308. The fourth-order valence-corrected chi connectivity index (χ4v) is 2.89. The smallest absolute Gasteiger partial charge is 0.208 e. The molecule has 0 spiro atoms. The average molecular weight is 353 g/mol. The van der Waals surface area contributed by atoms with Crippen molar-refractivity contribution in [2.45, 2.75) is 12.6 Å². The molecule has 0 aliphatic heterocycles. The molecule has 0 heterocycles. The van der Waals surface area contributed by atoms with Gasteiger partial charge in [0, 0.05) is 23.4 Å². The molecule has 120 valence electrons. The first-order chi connectivity index (χ1) is 10.2. The molecule has 0 atom stereocenters. The van der Waals surface area contributed by atoms with Crippen LogP contribution >= 0.6 is 11.6 Å². The maximum absolute atomic E-state index is 12.5. The molecule has 0 saturated carbocycles. The van der Waals surface area contributed by atoms with Gasteiger partial charge >= 0.3 is 6.18 Å². The molecular formula is C13H12ClF3N2O2S. The summed E-state index contributed by atoms with van der Waals surface area (Å²) < 4.78 is 61.6. The lowest BCUT2D eigenvalue weighted by Gasteiger charge is -2.20. The van der Waals surface area contributed by atoms with Gasteiger partial charge in [-0.25, -0.2) is 8.42 Å². The van der Waals surface area contributed by atoms with E-state index in [9.17, 15) is 21.6 Å². The maximum Gasteiger partial charge on any atom is 0.402 e. The van der Waals surface area contributed by atoms with Gasteiger partial charge in [0.1, 0.15) is 6.54 Å². The molecule has 0 saturated heterocycles. The minimum Gasteiger partial charge on any atom is -0.208 e. The van der Waals surface area contributed by atoms with Crippen LogP contribution in [0.25, 0.3) is 6.08 Å². The first-order valence-corrected chi connectivity index (χ1v) is 7.90. The van der Waals surface area contributed by atoms with Crippen LogP contribution in [0.1, 0.15) is 12.0 Å². The maximum atomic E-state index is 12.5. The molecule has 0 N–H and O–H groups in total.